The van der Waals surface area contributed by atoms with Crippen molar-refractivity contribution >= 4 is 35.0 Å². The van der Waals surface area contributed by atoms with E-state index in [1.54, 1.807) is 18.1 Å². The quantitative estimate of drug-likeness (QED) is 0.555. The van der Waals surface area contributed by atoms with Crippen LogP contribution in [0.15, 0.2) is 18.3 Å². The van der Waals surface area contributed by atoms with Crippen LogP contribution in [0.5, 0.6) is 5.75 Å². The minimum Gasteiger partial charge on any atom is -0.495 e. The van der Waals surface area contributed by atoms with Gasteiger partial charge in [0.05, 0.1) is 30.0 Å². The highest BCUT2D eigenvalue weighted by atomic mass is 19.1. The van der Waals surface area contributed by atoms with Gasteiger partial charge in [-0.25, -0.2) is 9.37 Å². The van der Waals surface area contributed by atoms with Crippen LogP contribution in [0.3, 0.4) is 0 Å². The molecule has 5 rings (SSSR count). The average molecular weight is 554 g/mol. The number of rotatable bonds is 6. The molecule has 0 unspecified atom stereocenters. The number of fused-ring (bicyclic) bond motifs is 1. The van der Waals surface area contributed by atoms with Crippen LogP contribution in [0.25, 0.3) is 0 Å². The van der Waals surface area contributed by atoms with Crippen LogP contribution < -0.4 is 25.2 Å². The number of methoxy groups -OCH3 is 1. The third-order valence-corrected chi connectivity index (χ3v) is 8.43. The summed E-state index contributed by atoms with van der Waals surface area (Å²) in [4.78, 5) is 41.5. The van der Waals surface area contributed by atoms with E-state index in [1.165, 1.54) is 19.2 Å². The molecule has 2 N–H and O–H groups in total. The molecule has 10 nitrogen and oxygen atoms in total. The number of carbonyl (C=O) groups excluding carboxylic acids is 2. The fourth-order valence-electron chi connectivity index (χ4n) is 6.05. The van der Waals surface area contributed by atoms with Gasteiger partial charge in [-0.15, -0.1) is 0 Å². The normalized spacial score (nSPS) is 20.3. The number of nitrogens with zero attached hydrogens (tertiary/aromatic N) is 5. The number of hydrogen-bond acceptors (Lipinski definition) is 8. The van der Waals surface area contributed by atoms with E-state index in [-0.39, 0.29) is 29.5 Å². The Labute approximate surface area is 235 Å². The Morgan fingerprint density at radius 2 is 1.82 bits per heavy atom. The predicted octanol–water partition coefficient (Wildman–Crippen LogP) is 3.94. The first-order chi connectivity index (χ1) is 19.1. The Kier molecular flexibility index (Phi) is 7.85. The minimum atomic E-state index is -0.664. The average Bonchev–Trinajstić information content (AvgIpc) is 3.45. The lowest BCUT2D eigenvalue weighted by atomic mass is 9.91. The van der Waals surface area contributed by atoms with Gasteiger partial charge < -0.3 is 30.1 Å². The maximum atomic E-state index is 15.3. The number of likely N-dealkylation sites (tertiary alicyclic amines) is 1. The monoisotopic (exact) mass is 553 g/mol. The van der Waals surface area contributed by atoms with Crippen molar-refractivity contribution in [1.82, 2.24) is 20.2 Å². The highest BCUT2D eigenvalue weighted by molar-refractivity contribution is 6.01. The molecule has 1 aromatic carbocycles. The van der Waals surface area contributed by atoms with Crippen LogP contribution in [0.4, 0.5) is 27.5 Å². The number of anilines is 4. The lowest BCUT2D eigenvalue weighted by Crippen LogP contribution is -2.45. The molecule has 3 aliphatic rings. The molecule has 3 heterocycles. The number of piperidine rings is 1. The molecule has 1 aromatic heterocycles. The Balaban J connectivity index is 1.42. The number of amides is 2. The SMILES string of the molecule is COc1cc(C(=O)NC2CCN(C)CC2)c(F)cc1Nc1ncc2c(n1)N(C1CCCC1)CC(C)(C)C(=O)N2C. The highest BCUT2D eigenvalue weighted by Gasteiger charge is 2.41. The smallest absolute Gasteiger partial charge is 0.254 e. The molecule has 0 radical (unpaired) electrons. The Bertz CT molecular complexity index is 1270. The standard InChI is InChI=1S/C29H40FN7O3/c1-29(2)17-37(19-8-6-7-9-19)25-23(36(4)27(29)39)16-31-28(34-25)33-22-15-21(30)20(14-24(22)40-5)26(38)32-18-10-12-35(3)13-11-18/h14-16,18-19H,6-13,17H2,1-5H3,(H,32,38)(H,31,33,34). The van der Waals surface area contributed by atoms with Crippen molar-refractivity contribution in [3.8, 4) is 5.75 Å². The highest BCUT2D eigenvalue weighted by Crippen LogP contribution is 2.40. The lowest BCUT2D eigenvalue weighted by Gasteiger charge is -2.34. The zero-order valence-corrected chi connectivity index (χ0v) is 24.1. The molecule has 40 heavy (non-hydrogen) atoms. The first-order valence-corrected chi connectivity index (χ1v) is 14.1. The van der Waals surface area contributed by atoms with Gasteiger partial charge in [0.2, 0.25) is 11.9 Å². The third-order valence-electron chi connectivity index (χ3n) is 8.43. The van der Waals surface area contributed by atoms with Crippen molar-refractivity contribution in [3.63, 3.8) is 0 Å². The number of hydrogen-bond donors (Lipinski definition) is 2. The second kappa shape index (κ2) is 11.2. The molecule has 2 aliphatic heterocycles. The van der Waals surface area contributed by atoms with Crippen molar-refractivity contribution < 1.29 is 18.7 Å². The van der Waals surface area contributed by atoms with E-state index in [0.29, 0.717) is 29.5 Å². The summed E-state index contributed by atoms with van der Waals surface area (Å²) in [7, 11) is 5.28. The molecule has 2 fully saturated rings. The summed E-state index contributed by atoms with van der Waals surface area (Å²) in [5.41, 5.74) is 0.287. The molecule has 2 aromatic rings. The summed E-state index contributed by atoms with van der Waals surface area (Å²) in [5, 5.41) is 6.05. The Morgan fingerprint density at radius 1 is 1.12 bits per heavy atom. The molecule has 2 amide bonds. The summed E-state index contributed by atoms with van der Waals surface area (Å²) < 4.78 is 20.8. The zero-order valence-electron chi connectivity index (χ0n) is 24.1. The van der Waals surface area contributed by atoms with Crippen LogP contribution >= 0.6 is 0 Å². The number of ether oxygens (including phenoxy) is 1. The van der Waals surface area contributed by atoms with Gasteiger partial charge >= 0.3 is 0 Å². The van der Waals surface area contributed by atoms with Gasteiger partial charge in [-0.05, 0) is 65.7 Å². The second-order valence-electron chi connectivity index (χ2n) is 11.9. The number of carbonyl (C=O) groups is 2. The molecule has 0 spiro atoms. The van der Waals surface area contributed by atoms with Crippen molar-refractivity contribution in [1.29, 1.82) is 0 Å². The molecule has 1 saturated carbocycles. The zero-order chi connectivity index (χ0) is 28.6. The van der Waals surface area contributed by atoms with Gasteiger partial charge in [-0.3, -0.25) is 9.59 Å². The topological polar surface area (TPSA) is 103 Å². The Hall–Kier alpha value is -3.47. The molecule has 11 heteroatoms. The summed E-state index contributed by atoms with van der Waals surface area (Å²) in [6.45, 7) is 6.25. The lowest BCUT2D eigenvalue weighted by molar-refractivity contribution is -0.125. The van der Waals surface area contributed by atoms with Crippen LogP contribution in [0, 0.1) is 11.2 Å². The van der Waals surface area contributed by atoms with Crippen LogP contribution in [0.2, 0.25) is 0 Å². The molecule has 0 bridgehead atoms. The van der Waals surface area contributed by atoms with Crippen molar-refractivity contribution in [3.05, 3.63) is 29.7 Å². The van der Waals surface area contributed by atoms with E-state index in [0.717, 1.165) is 51.6 Å². The second-order valence-corrected chi connectivity index (χ2v) is 11.9. The number of halogens is 1. The summed E-state index contributed by atoms with van der Waals surface area (Å²) in [5.74, 6) is 0.123. The van der Waals surface area contributed by atoms with Gasteiger partial charge in [0.1, 0.15) is 17.3 Å². The summed E-state index contributed by atoms with van der Waals surface area (Å²) >= 11 is 0. The van der Waals surface area contributed by atoms with Gasteiger partial charge in [-0.2, -0.15) is 4.98 Å². The number of nitrogens with one attached hydrogen (secondary N) is 2. The van der Waals surface area contributed by atoms with E-state index < -0.39 is 17.1 Å². The fourth-order valence-corrected chi connectivity index (χ4v) is 6.05. The van der Waals surface area contributed by atoms with Crippen molar-refractivity contribution in [2.75, 3.05) is 56.0 Å². The predicted molar refractivity (Wildman–Crippen MR) is 153 cm³/mol. The van der Waals surface area contributed by atoms with Gasteiger partial charge in [0.15, 0.2) is 5.82 Å². The van der Waals surface area contributed by atoms with Gasteiger partial charge in [-0.1, -0.05) is 12.8 Å². The molecule has 1 saturated heterocycles. The minimum absolute atomic E-state index is 0.0106. The van der Waals surface area contributed by atoms with Crippen LogP contribution in [-0.2, 0) is 4.79 Å². The summed E-state index contributed by atoms with van der Waals surface area (Å²) in [6, 6.07) is 2.95. The van der Waals surface area contributed by atoms with E-state index in [9.17, 15) is 9.59 Å². The number of benzene rings is 1. The largest absolute Gasteiger partial charge is 0.495 e. The van der Waals surface area contributed by atoms with Gasteiger partial charge in [0, 0.05) is 31.7 Å². The molecular formula is C29H40FN7O3. The molecular weight excluding hydrogens is 513 g/mol. The van der Waals surface area contributed by atoms with Crippen LogP contribution in [-0.4, -0.2) is 79.6 Å². The maximum absolute atomic E-state index is 15.3. The van der Waals surface area contributed by atoms with E-state index in [1.807, 2.05) is 20.9 Å². The van der Waals surface area contributed by atoms with E-state index in [4.69, 9.17) is 9.72 Å². The fraction of sp³-hybridized carbons (Fsp3) is 0.586. The summed E-state index contributed by atoms with van der Waals surface area (Å²) in [6.07, 6.45) is 7.66. The molecule has 1 aliphatic carbocycles. The third kappa shape index (κ3) is 5.56. The first-order valence-electron chi connectivity index (χ1n) is 14.1. The first kappa shape index (κ1) is 28.1. The number of aromatic nitrogens is 2. The van der Waals surface area contributed by atoms with Crippen LogP contribution in [0.1, 0.15) is 62.7 Å². The van der Waals surface area contributed by atoms with Crippen molar-refractivity contribution in [2.24, 2.45) is 5.41 Å². The van der Waals surface area contributed by atoms with Gasteiger partial charge in [0.25, 0.3) is 5.91 Å². The van der Waals surface area contributed by atoms with E-state index in [2.05, 4.69) is 25.4 Å². The molecule has 216 valence electrons. The Morgan fingerprint density at radius 3 is 2.50 bits per heavy atom. The maximum Gasteiger partial charge on any atom is 0.254 e. The molecule has 0 atom stereocenters. The van der Waals surface area contributed by atoms with E-state index >= 15 is 4.39 Å². The van der Waals surface area contributed by atoms with Crippen molar-refractivity contribution in [2.45, 2.75) is 64.5 Å².